The lowest BCUT2D eigenvalue weighted by Gasteiger charge is -2.28. The Morgan fingerprint density at radius 2 is 1.67 bits per heavy atom. The molecule has 1 aliphatic rings. The van der Waals surface area contributed by atoms with E-state index < -0.39 is 30.0 Å². The predicted octanol–water partition coefficient (Wildman–Crippen LogP) is 3.44. The van der Waals surface area contributed by atoms with Gasteiger partial charge < -0.3 is 14.0 Å². The number of halogens is 6. The highest BCUT2D eigenvalue weighted by Gasteiger charge is 2.60. The van der Waals surface area contributed by atoms with Crippen molar-refractivity contribution in [1.82, 2.24) is 15.6 Å². The molecule has 0 radical (unpaired) electrons. The van der Waals surface area contributed by atoms with Crippen LogP contribution >= 0.6 is 0 Å². The smallest absolute Gasteiger partial charge is 0.471 e. The molecular weight excluding hydrogens is 426 g/mol. The fraction of sp³-hybridized carbons (Fsp3) is 0.438. The Morgan fingerprint density at radius 1 is 1.03 bits per heavy atom. The molecule has 2 aromatic rings. The number of nitrogens with one attached hydrogen (secondary N) is 1. The van der Waals surface area contributed by atoms with Gasteiger partial charge in [-0.05, 0) is 42.3 Å². The first-order valence-electron chi connectivity index (χ1n) is 8.26. The van der Waals surface area contributed by atoms with Gasteiger partial charge in [-0.25, -0.2) is 9.83 Å². The molecule has 0 saturated heterocycles. The van der Waals surface area contributed by atoms with Gasteiger partial charge in [0.15, 0.2) is 0 Å². The first-order valence-corrected chi connectivity index (χ1v) is 8.26. The van der Waals surface area contributed by atoms with E-state index in [0.717, 1.165) is 6.34 Å². The molecule has 0 spiro atoms. The molecule has 164 valence electrons. The molecule has 2 heterocycles. The minimum absolute atomic E-state index is 0.141. The van der Waals surface area contributed by atoms with Gasteiger partial charge in [0.25, 0.3) is 0 Å². The number of benzene rings is 1. The van der Waals surface area contributed by atoms with Crippen molar-refractivity contribution in [2.45, 2.75) is 31.9 Å². The molecule has 0 saturated carbocycles. The number of aryl methyl sites for hydroxylation is 2. The molecule has 14 heteroatoms. The topological polar surface area (TPSA) is 91.0 Å². The van der Waals surface area contributed by atoms with E-state index in [1.807, 2.05) is 5.48 Å². The van der Waals surface area contributed by atoms with Gasteiger partial charge in [-0.15, -0.1) is 4.98 Å². The van der Waals surface area contributed by atoms with Crippen LogP contribution in [0.1, 0.15) is 22.6 Å². The molecule has 1 aromatic carbocycles. The van der Waals surface area contributed by atoms with E-state index in [9.17, 15) is 26.3 Å². The van der Waals surface area contributed by atoms with Crippen molar-refractivity contribution in [2.24, 2.45) is 4.99 Å². The van der Waals surface area contributed by atoms with Crippen molar-refractivity contribution in [2.75, 3.05) is 13.2 Å². The second kappa shape index (κ2) is 7.66. The number of hydroxylamine groups is 1. The average Bonchev–Trinajstić information content (AvgIpc) is 3.29. The molecule has 0 amide bonds. The van der Waals surface area contributed by atoms with Crippen LogP contribution in [0.5, 0.6) is 11.8 Å². The summed E-state index contributed by atoms with van der Waals surface area (Å²) in [6.07, 6.45) is -8.80. The number of ether oxygens (including phenoxy) is 2. The number of nitrogens with zero attached hydrogens (tertiary/aromatic N) is 3. The van der Waals surface area contributed by atoms with Crippen molar-refractivity contribution in [1.29, 1.82) is 0 Å². The summed E-state index contributed by atoms with van der Waals surface area (Å²) in [7, 11) is 0. The molecule has 3 rings (SSSR count). The largest absolute Gasteiger partial charge is 0.489 e. The van der Waals surface area contributed by atoms with Crippen LogP contribution in [0.25, 0.3) is 0 Å². The van der Waals surface area contributed by atoms with Gasteiger partial charge >= 0.3 is 30.0 Å². The van der Waals surface area contributed by atoms with Crippen LogP contribution in [0, 0.1) is 13.8 Å². The molecule has 1 aromatic heterocycles. The molecule has 30 heavy (non-hydrogen) atoms. The highest BCUT2D eigenvalue weighted by Crippen LogP contribution is 2.45. The Morgan fingerprint density at radius 3 is 2.17 bits per heavy atom. The van der Waals surface area contributed by atoms with Gasteiger partial charge in [-0.3, -0.25) is 5.48 Å². The Kier molecular flexibility index (Phi) is 5.54. The maximum Gasteiger partial charge on any atom is 0.471 e. The van der Waals surface area contributed by atoms with Gasteiger partial charge in [0.2, 0.25) is 0 Å². The molecular formula is C16H14F6N4O4. The monoisotopic (exact) mass is 440 g/mol. The predicted molar refractivity (Wildman–Crippen MR) is 86.7 cm³/mol. The van der Waals surface area contributed by atoms with Crippen molar-refractivity contribution < 1.29 is 45.2 Å². The van der Waals surface area contributed by atoms with E-state index in [4.69, 9.17) is 9.47 Å². The third kappa shape index (κ3) is 4.13. The molecule has 0 fully saturated rings. The van der Waals surface area contributed by atoms with E-state index in [0.29, 0.717) is 11.1 Å². The molecule has 1 unspecified atom stereocenters. The number of alkyl halides is 6. The number of hydrogen-bond acceptors (Lipinski definition) is 8. The SMILES string of the molecule is Cc1cc(C2(C(F)(F)F)N=CNO2)cc(C)c1OCCOc1noc(C(F)(F)F)n1. The maximum absolute atomic E-state index is 13.5. The van der Waals surface area contributed by atoms with Gasteiger partial charge in [-0.2, -0.15) is 26.3 Å². The fourth-order valence-corrected chi connectivity index (χ4v) is 2.72. The molecule has 0 aliphatic carbocycles. The second-order valence-electron chi connectivity index (χ2n) is 6.14. The van der Waals surface area contributed by atoms with Crippen LogP contribution in [-0.2, 0) is 16.7 Å². The molecule has 1 atom stereocenters. The Hall–Kier alpha value is -3.03. The van der Waals surface area contributed by atoms with E-state index in [2.05, 4.69) is 24.5 Å². The highest BCUT2D eigenvalue weighted by molar-refractivity contribution is 5.57. The zero-order chi connectivity index (χ0) is 22.2. The average molecular weight is 440 g/mol. The third-order valence-electron chi connectivity index (χ3n) is 3.95. The van der Waals surface area contributed by atoms with Crippen LogP contribution < -0.4 is 15.0 Å². The summed E-state index contributed by atoms with van der Waals surface area (Å²) in [6.45, 7) is 2.67. The minimum Gasteiger partial charge on any atom is -0.489 e. The van der Waals surface area contributed by atoms with Gasteiger partial charge in [0.05, 0.1) is 0 Å². The zero-order valence-corrected chi connectivity index (χ0v) is 15.4. The number of aromatic nitrogens is 2. The summed E-state index contributed by atoms with van der Waals surface area (Å²) in [4.78, 5) is 11.1. The van der Waals surface area contributed by atoms with Crippen LogP contribution in [0.3, 0.4) is 0 Å². The first kappa shape index (κ1) is 21.7. The summed E-state index contributed by atoms with van der Waals surface area (Å²) < 4.78 is 92.1. The number of aliphatic imine (C=N–C) groups is 1. The molecule has 1 aliphatic heterocycles. The van der Waals surface area contributed by atoms with Gasteiger partial charge in [-0.1, -0.05) is 0 Å². The van der Waals surface area contributed by atoms with E-state index in [-0.39, 0.29) is 24.5 Å². The van der Waals surface area contributed by atoms with E-state index in [1.54, 1.807) is 0 Å². The van der Waals surface area contributed by atoms with Crippen LogP contribution in [0.15, 0.2) is 21.6 Å². The minimum atomic E-state index is -4.82. The van der Waals surface area contributed by atoms with Crippen molar-refractivity contribution in [3.8, 4) is 11.8 Å². The summed E-state index contributed by atoms with van der Waals surface area (Å²) in [6, 6.07) is 1.82. The van der Waals surface area contributed by atoms with E-state index >= 15 is 0 Å². The van der Waals surface area contributed by atoms with Crippen molar-refractivity contribution in [3.05, 3.63) is 34.7 Å². The summed E-state index contributed by atoms with van der Waals surface area (Å²) in [5, 5.41) is 3.03. The van der Waals surface area contributed by atoms with Gasteiger partial charge in [0.1, 0.15) is 25.3 Å². The maximum atomic E-state index is 13.5. The Bertz CT molecular complexity index is 920. The highest BCUT2D eigenvalue weighted by atomic mass is 19.4. The Balaban J connectivity index is 1.66. The lowest BCUT2D eigenvalue weighted by Crippen LogP contribution is -2.42. The Labute approximate surface area is 164 Å². The van der Waals surface area contributed by atoms with Crippen LogP contribution in [0.4, 0.5) is 26.3 Å². The lowest BCUT2D eigenvalue weighted by atomic mass is 9.97. The molecule has 8 nitrogen and oxygen atoms in total. The lowest BCUT2D eigenvalue weighted by molar-refractivity contribution is -0.285. The zero-order valence-electron chi connectivity index (χ0n) is 15.4. The summed E-state index contributed by atoms with van der Waals surface area (Å²) in [5.74, 6) is -1.27. The standard InChI is InChI=1S/C16H14F6N4O4/c1-8-5-10(14(16(20,21)22)23-7-24-30-14)6-9(2)11(8)27-3-4-28-13-25-12(29-26-13)15(17,18)19/h5-7H,3-4H2,1-2H3,(H,23,24). The van der Waals surface area contributed by atoms with Crippen molar-refractivity contribution >= 4 is 6.34 Å². The fourth-order valence-electron chi connectivity index (χ4n) is 2.72. The summed E-state index contributed by atoms with van der Waals surface area (Å²) >= 11 is 0. The molecule has 1 N–H and O–H groups in total. The quantitative estimate of drug-likeness (QED) is 0.544. The number of rotatable bonds is 6. The van der Waals surface area contributed by atoms with Crippen molar-refractivity contribution in [3.63, 3.8) is 0 Å². The van der Waals surface area contributed by atoms with Crippen LogP contribution in [0.2, 0.25) is 0 Å². The van der Waals surface area contributed by atoms with Crippen LogP contribution in [-0.4, -0.2) is 35.9 Å². The number of hydrogen-bond donors (Lipinski definition) is 1. The third-order valence-corrected chi connectivity index (χ3v) is 3.95. The van der Waals surface area contributed by atoms with Gasteiger partial charge in [0, 0.05) is 5.56 Å². The van der Waals surface area contributed by atoms with E-state index in [1.165, 1.54) is 26.0 Å². The molecule has 0 bridgehead atoms. The first-order chi connectivity index (χ1) is 13.9. The summed E-state index contributed by atoms with van der Waals surface area (Å²) in [5.41, 5.74) is -0.415. The normalized spacial score (nSPS) is 19.1. The second-order valence-corrected chi connectivity index (χ2v) is 6.14.